The molecule has 4 rings (SSSR count). The minimum Gasteiger partial charge on any atom is -0.476 e. The fraction of sp³-hybridized carbons (Fsp3) is 0.208. The zero-order chi connectivity index (χ0) is 22.5. The molecule has 0 unspecified atom stereocenters. The number of carboxylic acids is 1. The Morgan fingerprint density at radius 1 is 1.00 bits per heavy atom. The third-order valence-electron chi connectivity index (χ3n) is 5.32. The number of aromatic carboxylic acids is 1. The first-order valence-electron chi connectivity index (χ1n) is 10.2. The molecule has 0 spiro atoms. The summed E-state index contributed by atoms with van der Waals surface area (Å²) in [6, 6.07) is 15.6. The van der Waals surface area contributed by atoms with Crippen LogP contribution in [0.4, 0.5) is 4.39 Å². The van der Waals surface area contributed by atoms with Crippen molar-refractivity contribution in [2.75, 3.05) is 26.2 Å². The Morgan fingerprint density at radius 3 is 2.28 bits per heavy atom. The maximum absolute atomic E-state index is 13.4. The molecule has 3 aromatic rings. The Labute approximate surface area is 184 Å². The van der Waals surface area contributed by atoms with Crippen LogP contribution in [0.2, 0.25) is 0 Å². The molecule has 0 saturated carbocycles. The lowest BCUT2D eigenvalue weighted by Gasteiger charge is -2.33. The number of oxazole rings is 1. The number of halogens is 1. The SMILES string of the molecule is O=C(O)c1coc(CN2CCN(C(=O)/C=C(/c3ccccc3)c3ccc(F)cc3)CC2)n1. The number of carboxylic acid groups (broad SMARTS) is 1. The molecule has 0 bridgehead atoms. The Kier molecular flexibility index (Phi) is 6.42. The van der Waals surface area contributed by atoms with Crippen molar-refractivity contribution in [3.05, 3.63) is 95.5 Å². The monoisotopic (exact) mass is 435 g/mol. The molecule has 2 aromatic carbocycles. The van der Waals surface area contributed by atoms with Gasteiger partial charge in [-0.15, -0.1) is 0 Å². The van der Waals surface area contributed by atoms with Crippen LogP contribution in [0.25, 0.3) is 5.57 Å². The molecule has 1 saturated heterocycles. The van der Waals surface area contributed by atoms with E-state index in [-0.39, 0.29) is 17.4 Å². The Hall–Kier alpha value is -3.78. The Bertz CT molecular complexity index is 1120. The van der Waals surface area contributed by atoms with Gasteiger partial charge in [-0.3, -0.25) is 9.69 Å². The maximum atomic E-state index is 13.4. The maximum Gasteiger partial charge on any atom is 0.357 e. The zero-order valence-corrected chi connectivity index (χ0v) is 17.3. The lowest BCUT2D eigenvalue weighted by molar-refractivity contribution is -0.127. The standard InChI is InChI=1S/C24H22FN3O4/c25-19-8-6-18(7-9-19)20(17-4-2-1-3-5-17)14-23(29)28-12-10-27(11-13-28)15-22-26-21(16-32-22)24(30)31/h1-9,14,16H,10-13,15H2,(H,30,31)/b20-14-. The lowest BCUT2D eigenvalue weighted by Crippen LogP contribution is -2.47. The molecule has 7 nitrogen and oxygen atoms in total. The van der Waals surface area contributed by atoms with Gasteiger partial charge in [0.25, 0.3) is 0 Å². The molecule has 0 radical (unpaired) electrons. The quantitative estimate of drug-likeness (QED) is 0.598. The number of piperazine rings is 1. The molecule has 32 heavy (non-hydrogen) atoms. The molecule has 164 valence electrons. The van der Waals surface area contributed by atoms with Crippen molar-refractivity contribution in [3.8, 4) is 0 Å². The molecule has 1 amide bonds. The first-order chi connectivity index (χ1) is 15.5. The van der Waals surface area contributed by atoms with Gasteiger partial charge in [0, 0.05) is 32.3 Å². The van der Waals surface area contributed by atoms with Crippen molar-refractivity contribution in [2.45, 2.75) is 6.54 Å². The van der Waals surface area contributed by atoms with E-state index in [4.69, 9.17) is 9.52 Å². The lowest BCUT2D eigenvalue weighted by atomic mass is 9.97. The fourth-order valence-electron chi connectivity index (χ4n) is 3.59. The number of benzene rings is 2. The number of carbonyl (C=O) groups excluding carboxylic acids is 1. The van der Waals surface area contributed by atoms with Crippen LogP contribution < -0.4 is 0 Å². The molecule has 1 aliphatic rings. The smallest absolute Gasteiger partial charge is 0.357 e. The van der Waals surface area contributed by atoms with Crippen LogP contribution in [0.3, 0.4) is 0 Å². The molecule has 2 heterocycles. The topological polar surface area (TPSA) is 86.9 Å². The summed E-state index contributed by atoms with van der Waals surface area (Å²) in [5.74, 6) is -1.23. The molecular weight excluding hydrogens is 413 g/mol. The van der Waals surface area contributed by atoms with E-state index < -0.39 is 5.97 Å². The second-order valence-corrected chi connectivity index (χ2v) is 7.46. The van der Waals surface area contributed by atoms with Crippen molar-refractivity contribution >= 4 is 17.4 Å². The first-order valence-corrected chi connectivity index (χ1v) is 10.2. The molecule has 0 atom stereocenters. The molecule has 1 N–H and O–H groups in total. The summed E-state index contributed by atoms with van der Waals surface area (Å²) in [6.07, 6.45) is 2.73. The summed E-state index contributed by atoms with van der Waals surface area (Å²) in [7, 11) is 0. The largest absolute Gasteiger partial charge is 0.476 e. The minimum absolute atomic E-state index is 0.114. The number of aromatic nitrogens is 1. The highest BCUT2D eigenvalue weighted by atomic mass is 19.1. The van der Waals surface area contributed by atoms with Crippen molar-refractivity contribution in [2.24, 2.45) is 0 Å². The van der Waals surface area contributed by atoms with Gasteiger partial charge in [0.05, 0.1) is 6.54 Å². The summed E-state index contributed by atoms with van der Waals surface area (Å²) in [4.78, 5) is 31.7. The predicted molar refractivity (Wildman–Crippen MR) is 115 cm³/mol. The average Bonchev–Trinajstić information content (AvgIpc) is 3.28. The van der Waals surface area contributed by atoms with E-state index >= 15 is 0 Å². The van der Waals surface area contributed by atoms with Crippen molar-refractivity contribution in [1.82, 2.24) is 14.8 Å². The summed E-state index contributed by atoms with van der Waals surface area (Å²) in [6.45, 7) is 2.65. The normalized spacial score (nSPS) is 15.0. The minimum atomic E-state index is -1.13. The van der Waals surface area contributed by atoms with Crippen molar-refractivity contribution < 1.29 is 23.5 Å². The highest BCUT2D eigenvalue weighted by Crippen LogP contribution is 2.24. The van der Waals surface area contributed by atoms with Crippen LogP contribution in [0.1, 0.15) is 27.5 Å². The number of hydrogen-bond donors (Lipinski definition) is 1. The fourth-order valence-corrected chi connectivity index (χ4v) is 3.59. The predicted octanol–water partition coefficient (Wildman–Crippen LogP) is 3.29. The van der Waals surface area contributed by atoms with E-state index in [1.165, 1.54) is 12.1 Å². The van der Waals surface area contributed by atoms with Crippen LogP contribution in [0.5, 0.6) is 0 Å². The van der Waals surface area contributed by atoms with Gasteiger partial charge >= 0.3 is 5.97 Å². The number of rotatable bonds is 6. The molecular formula is C24H22FN3O4. The van der Waals surface area contributed by atoms with Crippen LogP contribution in [-0.2, 0) is 11.3 Å². The van der Waals surface area contributed by atoms with E-state index in [0.717, 1.165) is 23.0 Å². The van der Waals surface area contributed by atoms with Crippen LogP contribution in [-0.4, -0.2) is 57.9 Å². The first kappa shape index (κ1) is 21.5. The molecule has 1 aliphatic heterocycles. The molecule has 0 aliphatic carbocycles. The van der Waals surface area contributed by atoms with Gasteiger partial charge in [-0.05, 0) is 28.8 Å². The zero-order valence-electron chi connectivity index (χ0n) is 17.3. The van der Waals surface area contributed by atoms with Gasteiger partial charge < -0.3 is 14.4 Å². The molecule has 1 aromatic heterocycles. The summed E-state index contributed by atoms with van der Waals surface area (Å²) < 4.78 is 18.6. The van der Waals surface area contributed by atoms with Crippen LogP contribution in [0, 0.1) is 5.82 Å². The van der Waals surface area contributed by atoms with Gasteiger partial charge in [-0.1, -0.05) is 42.5 Å². The van der Waals surface area contributed by atoms with Gasteiger partial charge in [0.15, 0.2) is 5.69 Å². The van der Waals surface area contributed by atoms with E-state index in [1.807, 2.05) is 30.3 Å². The van der Waals surface area contributed by atoms with Gasteiger partial charge in [-0.25, -0.2) is 14.2 Å². The number of carbonyl (C=O) groups is 2. The Balaban J connectivity index is 1.44. The van der Waals surface area contributed by atoms with E-state index in [1.54, 1.807) is 23.1 Å². The van der Waals surface area contributed by atoms with Crippen LogP contribution in [0.15, 0.2) is 71.4 Å². The molecule has 1 fully saturated rings. The second-order valence-electron chi connectivity index (χ2n) is 7.46. The second kappa shape index (κ2) is 9.57. The average molecular weight is 435 g/mol. The molecule has 8 heteroatoms. The third-order valence-corrected chi connectivity index (χ3v) is 5.32. The number of nitrogens with zero attached hydrogens (tertiary/aromatic N) is 3. The van der Waals surface area contributed by atoms with Gasteiger partial charge in [0.1, 0.15) is 12.1 Å². The van der Waals surface area contributed by atoms with Crippen molar-refractivity contribution in [3.63, 3.8) is 0 Å². The van der Waals surface area contributed by atoms with Crippen LogP contribution >= 0.6 is 0 Å². The Morgan fingerprint density at radius 2 is 1.66 bits per heavy atom. The summed E-state index contributed by atoms with van der Waals surface area (Å²) in [5.41, 5.74) is 2.26. The summed E-state index contributed by atoms with van der Waals surface area (Å²) >= 11 is 0. The van der Waals surface area contributed by atoms with Gasteiger partial charge in [-0.2, -0.15) is 0 Å². The third kappa shape index (κ3) is 5.09. The van der Waals surface area contributed by atoms with Gasteiger partial charge in [0.2, 0.25) is 11.8 Å². The number of amides is 1. The summed E-state index contributed by atoms with van der Waals surface area (Å²) in [5, 5.41) is 8.95. The van der Waals surface area contributed by atoms with E-state index in [9.17, 15) is 14.0 Å². The van der Waals surface area contributed by atoms with Crippen molar-refractivity contribution in [1.29, 1.82) is 0 Å². The van der Waals surface area contributed by atoms with E-state index in [2.05, 4.69) is 9.88 Å². The van der Waals surface area contributed by atoms with E-state index in [0.29, 0.717) is 38.6 Å². The highest BCUT2D eigenvalue weighted by Gasteiger charge is 2.22. The number of hydrogen-bond acceptors (Lipinski definition) is 5. The highest BCUT2D eigenvalue weighted by molar-refractivity contribution is 5.99.